The lowest BCUT2D eigenvalue weighted by molar-refractivity contribution is -0.144. The molecule has 0 radical (unpaired) electrons. The first-order valence-corrected chi connectivity index (χ1v) is 16.7. The van der Waals surface area contributed by atoms with Gasteiger partial charge in [-0.15, -0.1) is 0 Å². The van der Waals surface area contributed by atoms with E-state index >= 15 is 0 Å². The Kier molecular flexibility index (Phi) is 11.9. The Morgan fingerprint density at radius 3 is 2.18 bits per heavy atom. The van der Waals surface area contributed by atoms with Crippen molar-refractivity contribution in [3.63, 3.8) is 0 Å². The van der Waals surface area contributed by atoms with E-state index in [1.807, 2.05) is 6.07 Å². The second-order valence-electron chi connectivity index (χ2n) is 10.5. The van der Waals surface area contributed by atoms with Gasteiger partial charge in [-0.25, -0.2) is 12.8 Å². The fourth-order valence-corrected chi connectivity index (χ4v) is 5.81. The molecule has 0 saturated heterocycles. The van der Waals surface area contributed by atoms with Gasteiger partial charge >= 0.3 is 5.97 Å². The molecule has 1 aromatic heterocycles. The summed E-state index contributed by atoms with van der Waals surface area (Å²) in [6.45, 7) is 5.54. The largest absolute Gasteiger partial charge is 0.466 e. The number of anilines is 1. The number of hydrogen-bond donors (Lipinski definition) is 0. The van der Waals surface area contributed by atoms with Crippen molar-refractivity contribution in [3.8, 4) is 11.3 Å². The number of Topliss-reactive ketones (excluding diaryl/α,β-unsaturated/α-hetero) is 1. The standard InChI is InChI=1S/C32H40FNO9S/c1-4-28(35)31-26-20-25(22-6-7-22)27(21-29(26)43-32(31)23-8-10-24(33)11-9-23)34(44(3,37)38)13-15-40-17-19-41-18-16-39-14-12-30(36)42-5-2/h8-11,20-22H,4-7,12-19H2,1-3H3. The number of nitrogens with zero attached hydrogens (tertiary/aromatic N) is 1. The highest BCUT2D eigenvalue weighted by Crippen LogP contribution is 2.48. The molecule has 12 heteroatoms. The predicted molar refractivity (Wildman–Crippen MR) is 164 cm³/mol. The van der Waals surface area contributed by atoms with Crippen LogP contribution in [-0.4, -0.2) is 79.2 Å². The molecule has 0 unspecified atom stereocenters. The number of ketones is 1. The number of ether oxygens (including phenoxy) is 4. The summed E-state index contributed by atoms with van der Waals surface area (Å²) in [6.07, 6.45) is 3.42. The molecule has 1 fully saturated rings. The topological polar surface area (TPSA) is 122 Å². The van der Waals surface area contributed by atoms with Gasteiger partial charge in [0.25, 0.3) is 0 Å². The molecule has 44 heavy (non-hydrogen) atoms. The van der Waals surface area contributed by atoms with Crippen LogP contribution < -0.4 is 4.31 Å². The Morgan fingerprint density at radius 2 is 1.59 bits per heavy atom. The third-order valence-electron chi connectivity index (χ3n) is 7.17. The van der Waals surface area contributed by atoms with Gasteiger partial charge in [0.15, 0.2) is 5.78 Å². The zero-order chi connectivity index (χ0) is 31.7. The second kappa shape index (κ2) is 15.6. The fraction of sp³-hybridized carbons (Fsp3) is 0.500. The zero-order valence-corrected chi connectivity index (χ0v) is 26.3. The number of benzene rings is 2. The third kappa shape index (κ3) is 8.87. The molecule has 10 nitrogen and oxygen atoms in total. The van der Waals surface area contributed by atoms with Gasteiger partial charge in [-0.2, -0.15) is 0 Å². The molecule has 1 saturated carbocycles. The number of sulfonamides is 1. The van der Waals surface area contributed by atoms with Crippen LogP contribution in [0.4, 0.5) is 10.1 Å². The molecule has 0 aliphatic heterocycles. The maximum absolute atomic E-state index is 13.6. The minimum atomic E-state index is -3.69. The summed E-state index contributed by atoms with van der Waals surface area (Å²) in [6, 6.07) is 9.31. The van der Waals surface area contributed by atoms with E-state index in [2.05, 4.69) is 0 Å². The highest BCUT2D eigenvalue weighted by molar-refractivity contribution is 7.92. The molecular formula is C32H40FNO9S. The number of carbonyl (C=O) groups excluding carboxylic acids is 2. The Labute approximate surface area is 257 Å². The molecule has 1 aliphatic carbocycles. The van der Waals surface area contributed by atoms with Gasteiger partial charge in [0, 0.05) is 23.4 Å². The van der Waals surface area contributed by atoms with E-state index in [0.717, 1.165) is 24.7 Å². The van der Waals surface area contributed by atoms with Crippen LogP contribution in [0.15, 0.2) is 40.8 Å². The van der Waals surface area contributed by atoms with Crippen LogP contribution in [0.5, 0.6) is 0 Å². The van der Waals surface area contributed by atoms with Crippen LogP contribution in [0.1, 0.15) is 61.4 Å². The number of furan rings is 1. The first kappa shape index (κ1) is 33.6. The average Bonchev–Trinajstić information content (AvgIpc) is 3.77. The van der Waals surface area contributed by atoms with Crippen molar-refractivity contribution < 1.29 is 45.8 Å². The summed E-state index contributed by atoms with van der Waals surface area (Å²) < 4.78 is 68.5. The van der Waals surface area contributed by atoms with E-state index < -0.39 is 15.8 Å². The Balaban J connectivity index is 1.43. The lowest BCUT2D eigenvalue weighted by Crippen LogP contribution is -2.34. The maximum atomic E-state index is 13.6. The van der Waals surface area contributed by atoms with Crippen LogP contribution in [0.3, 0.4) is 0 Å². The van der Waals surface area contributed by atoms with Crippen molar-refractivity contribution in [2.45, 2.75) is 45.4 Å². The number of rotatable bonds is 19. The molecule has 240 valence electrons. The number of hydrogen-bond acceptors (Lipinski definition) is 9. The second-order valence-corrected chi connectivity index (χ2v) is 12.4. The molecule has 0 spiro atoms. The first-order valence-electron chi connectivity index (χ1n) is 14.9. The van der Waals surface area contributed by atoms with Gasteiger partial charge in [-0.3, -0.25) is 13.9 Å². The summed E-state index contributed by atoms with van der Waals surface area (Å²) in [4.78, 5) is 24.4. The van der Waals surface area contributed by atoms with Crippen molar-refractivity contribution in [1.82, 2.24) is 0 Å². The van der Waals surface area contributed by atoms with Crippen LogP contribution in [0.25, 0.3) is 22.3 Å². The summed E-state index contributed by atoms with van der Waals surface area (Å²) in [5, 5.41) is 0.619. The molecule has 0 amide bonds. The lowest BCUT2D eigenvalue weighted by atomic mass is 9.97. The van der Waals surface area contributed by atoms with Gasteiger partial charge in [-0.05, 0) is 61.6 Å². The van der Waals surface area contributed by atoms with Gasteiger partial charge in [0.2, 0.25) is 10.0 Å². The first-order chi connectivity index (χ1) is 21.1. The van der Waals surface area contributed by atoms with Crippen molar-refractivity contribution in [2.75, 3.05) is 63.4 Å². The molecule has 0 N–H and O–H groups in total. The van der Waals surface area contributed by atoms with Crippen LogP contribution in [-0.2, 0) is 33.8 Å². The highest BCUT2D eigenvalue weighted by Gasteiger charge is 2.33. The molecule has 3 aromatic rings. The van der Waals surface area contributed by atoms with E-state index in [-0.39, 0.29) is 56.9 Å². The van der Waals surface area contributed by atoms with Crippen LogP contribution in [0.2, 0.25) is 0 Å². The Bertz CT molecular complexity index is 1530. The van der Waals surface area contributed by atoms with Crippen molar-refractivity contribution in [2.24, 2.45) is 0 Å². The van der Waals surface area contributed by atoms with Crippen molar-refractivity contribution in [1.29, 1.82) is 0 Å². The molecule has 0 bridgehead atoms. The normalized spacial score (nSPS) is 13.4. The smallest absolute Gasteiger partial charge is 0.308 e. The molecule has 0 atom stereocenters. The monoisotopic (exact) mass is 633 g/mol. The van der Waals surface area contributed by atoms with Gasteiger partial charge in [-0.1, -0.05) is 6.92 Å². The van der Waals surface area contributed by atoms with Crippen molar-refractivity contribution in [3.05, 3.63) is 53.3 Å². The highest BCUT2D eigenvalue weighted by atomic mass is 32.2. The molecule has 4 rings (SSSR count). The molecule has 1 heterocycles. The van der Waals surface area contributed by atoms with E-state index in [9.17, 15) is 22.4 Å². The van der Waals surface area contributed by atoms with Crippen molar-refractivity contribution >= 4 is 38.4 Å². The maximum Gasteiger partial charge on any atom is 0.308 e. The minimum absolute atomic E-state index is 0.0767. The lowest BCUT2D eigenvalue weighted by Gasteiger charge is -2.25. The molecule has 1 aliphatic rings. The van der Waals surface area contributed by atoms with Gasteiger partial charge < -0.3 is 23.4 Å². The zero-order valence-electron chi connectivity index (χ0n) is 25.4. The minimum Gasteiger partial charge on any atom is -0.466 e. The van der Waals surface area contributed by atoms with Gasteiger partial charge in [0.05, 0.1) is 76.7 Å². The number of carbonyl (C=O) groups is 2. The fourth-order valence-electron chi connectivity index (χ4n) is 4.89. The summed E-state index contributed by atoms with van der Waals surface area (Å²) in [7, 11) is -3.69. The Hall–Kier alpha value is -3.32. The quantitative estimate of drug-likeness (QED) is 0.0960. The number of fused-ring (bicyclic) bond motifs is 1. The summed E-state index contributed by atoms with van der Waals surface area (Å²) in [5.41, 5.74) is 2.70. The van der Waals surface area contributed by atoms with Crippen LogP contribution in [0, 0.1) is 5.82 Å². The van der Waals surface area contributed by atoms with E-state index in [1.54, 1.807) is 32.0 Å². The number of esters is 1. The SMILES string of the molecule is CCOC(=O)CCOCCOCCOCCN(c1cc2oc(-c3ccc(F)cc3)c(C(=O)CC)c2cc1C1CC1)S(C)(=O)=O. The summed E-state index contributed by atoms with van der Waals surface area (Å²) >= 11 is 0. The van der Waals surface area contributed by atoms with E-state index in [0.29, 0.717) is 60.0 Å². The Morgan fingerprint density at radius 1 is 0.955 bits per heavy atom. The van der Waals surface area contributed by atoms with E-state index in [1.165, 1.54) is 16.4 Å². The average molecular weight is 634 g/mol. The van der Waals surface area contributed by atoms with E-state index in [4.69, 9.17) is 23.4 Å². The predicted octanol–water partition coefficient (Wildman–Crippen LogP) is 5.48. The molecular weight excluding hydrogens is 593 g/mol. The summed E-state index contributed by atoms with van der Waals surface area (Å²) in [5.74, 6) is -0.313. The van der Waals surface area contributed by atoms with Gasteiger partial charge in [0.1, 0.15) is 17.2 Å². The van der Waals surface area contributed by atoms with Crippen LogP contribution >= 0.6 is 0 Å². The third-order valence-corrected chi connectivity index (χ3v) is 8.35. The number of halogens is 1. The molecule has 2 aromatic carbocycles.